The Morgan fingerprint density at radius 1 is 1.21 bits per heavy atom. The van der Waals surface area contributed by atoms with E-state index in [4.69, 9.17) is 9.47 Å². The zero-order valence-electron chi connectivity index (χ0n) is 18.3. The summed E-state index contributed by atoms with van der Waals surface area (Å²) in [5, 5.41) is 2.55. The van der Waals surface area contributed by atoms with Gasteiger partial charge in [-0.2, -0.15) is 0 Å². The van der Waals surface area contributed by atoms with Crippen molar-refractivity contribution >= 4 is 17.3 Å². The van der Waals surface area contributed by atoms with E-state index in [1.165, 1.54) is 11.7 Å². The molecule has 0 bridgehead atoms. The molecule has 0 spiro atoms. The lowest BCUT2D eigenvalue weighted by molar-refractivity contribution is 0.199. The molecule has 2 N–H and O–H groups in total. The van der Waals surface area contributed by atoms with E-state index in [0.717, 1.165) is 31.2 Å². The Labute approximate surface area is 188 Å². The van der Waals surface area contributed by atoms with E-state index in [2.05, 4.69) is 27.1 Å². The van der Waals surface area contributed by atoms with Crippen molar-refractivity contribution in [1.82, 2.24) is 24.4 Å². The summed E-state index contributed by atoms with van der Waals surface area (Å²) < 4.78 is 13.5. The molecule has 2 aliphatic carbocycles. The summed E-state index contributed by atoms with van der Waals surface area (Å²) in [7, 11) is 1.51. The van der Waals surface area contributed by atoms with Crippen molar-refractivity contribution in [2.75, 3.05) is 13.7 Å². The first kappa shape index (κ1) is 20.9. The number of hydrogen-bond acceptors (Lipinski definition) is 6. The number of para-hydroxylation sites is 1. The first-order valence-electron chi connectivity index (χ1n) is 10.8. The van der Waals surface area contributed by atoms with E-state index in [9.17, 15) is 14.4 Å². The van der Waals surface area contributed by atoms with Gasteiger partial charge in [-0.25, -0.2) is 14.6 Å². The van der Waals surface area contributed by atoms with E-state index in [0.29, 0.717) is 17.1 Å². The van der Waals surface area contributed by atoms with Crippen molar-refractivity contribution in [1.29, 1.82) is 0 Å². The molecule has 0 radical (unpaired) electrons. The summed E-state index contributed by atoms with van der Waals surface area (Å²) in [4.78, 5) is 45.2. The van der Waals surface area contributed by atoms with Gasteiger partial charge < -0.3 is 19.8 Å². The molecule has 2 heterocycles. The molecule has 2 saturated carbocycles. The Hall–Kier alpha value is -4.00. The molecule has 0 unspecified atom stereocenters. The molecule has 0 aliphatic heterocycles. The zero-order valence-corrected chi connectivity index (χ0v) is 18.3. The Balaban J connectivity index is 1.32. The lowest BCUT2D eigenvalue weighted by Gasteiger charge is -2.10. The van der Waals surface area contributed by atoms with E-state index < -0.39 is 6.09 Å². The number of amides is 1. The van der Waals surface area contributed by atoms with Crippen LogP contribution in [0.4, 0.5) is 4.79 Å². The molecule has 3 aromatic rings. The van der Waals surface area contributed by atoms with Gasteiger partial charge >= 0.3 is 11.8 Å². The van der Waals surface area contributed by atoms with Gasteiger partial charge in [0.25, 0.3) is 5.56 Å². The molecule has 2 aliphatic rings. The molecule has 33 heavy (non-hydrogen) atoms. The fourth-order valence-electron chi connectivity index (χ4n) is 3.83. The van der Waals surface area contributed by atoms with Crippen LogP contribution in [-0.2, 0) is 0 Å². The number of methoxy groups -OCH3 is 1. The van der Waals surface area contributed by atoms with Crippen LogP contribution in [0.15, 0.2) is 27.8 Å². The number of nitrogens with one attached hydrogen (secondary N) is 2. The van der Waals surface area contributed by atoms with E-state index in [-0.39, 0.29) is 41.2 Å². The van der Waals surface area contributed by atoms with Crippen LogP contribution in [0.5, 0.6) is 11.5 Å². The smallest absolute Gasteiger partial charge is 0.413 e. The highest BCUT2D eigenvalue weighted by molar-refractivity contribution is 5.72. The highest BCUT2D eigenvalue weighted by Crippen LogP contribution is 2.36. The zero-order chi connectivity index (χ0) is 23.1. The number of nitrogens with zero attached hydrogens (tertiary/aromatic N) is 3. The topological polar surface area (TPSA) is 120 Å². The highest BCUT2D eigenvalue weighted by Gasteiger charge is 2.34. The number of carbonyl (C=O) groups is 1. The molecule has 1 aromatic carbocycles. The molecule has 1 amide bonds. The lowest BCUT2D eigenvalue weighted by Crippen LogP contribution is -2.39. The standard InChI is InChI=1S/C23H23N5O5/c1-13-5-3-6-16(19(13)32-2)33-22(30)24-12-4-7-17-25-18-20(26-17)27(14-8-9-14)23(31)28(21(18)29)15-10-11-15/h3,5-6,14-15H,8-12H2,1-2H3,(H,24,30)(H,25,26). The van der Waals surface area contributed by atoms with Crippen LogP contribution >= 0.6 is 0 Å². The first-order valence-corrected chi connectivity index (χ1v) is 10.8. The summed E-state index contributed by atoms with van der Waals surface area (Å²) in [5.41, 5.74) is 0.824. The van der Waals surface area contributed by atoms with Gasteiger partial charge in [-0.15, -0.1) is 0 Å². The van der Waals surface area contributed by atoms with Crippen molar-refractivity contribution < 1.29 is 14.3 Å². The van der Waals surface area contributed by atoms with Gasteiger partial charge in [0.15, 0.2) is 28.5 Å². The predicted octanol–water partition coefficient (Wildman–Crippen LogP) is 2.01. The van der Waals surface area contributed by atoms with Gasteiger partial charge in [-0.3, -0.25) is 13.9 Å². The number of aromatic nitrogens is 4. The van der Waals surface area contributed by atoms with Crippen LogP contribution in [0.2, 0.25) is 0 Å². The predicted molar refractivity (Wildman–Crippen MR) is 120 cm³/mol. The SMILES string of the molecule is COc1c(C)cccc1OC(=O)NCC#Cc1nc2c([nH]1)c(=O)n(C1CC1)c(=O)n2C1CC1. The first-order chi connectivity index (χ1) is 16.0. The molecule has 10 heteroatoms. The molecular formula is C23H23N5O5. The quantitative estimate of drug-likeness (QED) is 0.575. The Bertz CT molecular complexity index is 1430. The average Bonchev–Trinajstić information content (AvgIpc) is 3.71. The van der Waals surface area contributed by atoms with Crippen LogP contribution in [-0.4, -0.2) is 38.8 Å². The van der Waals surface area contributed by atoms with E-state index in [1.54, 1.807) is 16.7 Å². The number of imidazole rings is 1. The molecule has 0 saturated heterocycles. The monoisotopic (exact) mass is 449 g/mol. The van der Waals surface area contributed by atoms with Gasteiger partial charge in [0.2, 0.25) is 0 Å². The van der Waals surface area contributed by atoms with Crippen LogP contribution in [0.3, 0.4) is 0 Å². The molecule has 5 rings (SSSR count). The van der Waals surface area contributed by atoms with Gasteiger partial charge in [0.05, 0.1) is 13.7 Å². The van der Waals surface area contributed by atoms with Crippen molar-refractivity contribution in [2.45, 2.75) is 44.7 Å². The number of carbonyl (C=O) groups excluding carboxylic acids is 1. The van der Waals surface area contributed by atoms with Crippen molar-refractivity contribution in [3.05, 3.63) is 50.4 Å². The van der Waals surface area contributed by atoms with Gasteiger partial charge in [0, 0.05) is 12.1 Å². The van der Waals surface area contributed by atoms with Gasteiger partial charge in [-0.1, -0.05) is 18.1 Å². The number of H-pyrrole nitrogens is 1. The second kappa shape index (κ2) is 8.16. The van der Waals surface area contributed by atoms with Crippen molar-refractivity contribution in [3.63, 3.8) is 0 Å². The Morgan fingerprint density at radius 3 is 2.64 bits per heavy atom. The average molecular weight is 449 g/mol. The fourth-order valence-corrected chi connectivity index (χ4v) is 3.83. The highest BCUT2D eigenvalue weighted by atomic mass is 16.6. The van der Waals surface area contributed by atoms with Crippen LogP contribution in [0, 0.1) is 18.8 Å². The molecular weight excluding hydrogens is 426 g/mol. The number of fused-ring (bicyclic) bond motifs is 1. The minimum absolute atomic E-state index is 0.00570. The third-order valence-corrected chi connectivity index (χ3v) is 5.69. The van der Waals surface area contributed by atoms with Gasteiger partial charge in [0.1, 0.15) is 0 Å². The summed E-state index contributed by atoms with van der Waals surface area (Å²) >= 11 is 0. The summed E-state index contributed by atoms with van der Waals surface area (Å²) in [6.07, 6.45) is 2.78. The number of aryl methyl sites for hydroxylation is 1. The van der Waals surface area contributed by atoms with Crippen LogP contribution < -0.4 is 26.0 Å². The number of rotatable bonds is 5. The maximum Gasteiger partial charge on any atom is 0.413 e. The largest absolute Gasteiger partial charge is 0.493 e. The minimum atomic E-state index is -0.673. The molecule has 10 nitrogen and oxygen atoms in total. The summed E-state index contributed by atoms with van der Waals surface area (Å²) in [6.45, 7) is 1.86. The number of hydrogen-bond donors (Lipinski definition) is 2. The van der Waals surface area contributed by atoms with Crippen molar-refractivity contribution in [2.24, 2.45) is 0 Å². The molecule has 2 aromatic heterocycles. The third kappa shape index (κ3) is 3.98. The Kier molecular flexibility index (Phi) is 5.17. The van der Waals surface area contributed by atoms with E-state index in [1.807, 2.05) is 13.0 Å². The maximum absolute atomic E-state index is 12.9. The summed E-state index contributed by atoms with van der Waals surface area (Å²) in [6, 6.07) is 5.30. The van der Waals surface area contributed by atoms with Gasteiger partial charge in [-0.05, 0) is 50.2 Å². The fraction of sp³-hybridized carbons (Fsp3) is 0.391. The number of ether oxygens (including phenoxy) is 2. The molecule has 0 atom stereocenters. The minimum Gasteiger partial charge on any atom is -0.493 e. The third-order valence-electron chi connectivity index (χ3n) is 5.69. The molecule has 170 valence electrons. The summed E-state index contributed by atoms with van der Waals surface area (Å²) in [5.74, 6) is 6.65. The van der Waals surface area contributed by atoms with Crippen molar-refractivity contribution in [3.8, 4) is 23.3 Å². The maximum atomic E-state index is 12.9. The Morgan fingerprint density at radius 2 is 1.94 bits per heavy atom. The molecule has 2 fully saturated rings. The lowest BCUT2D eigenvalue weighted by atomic mass is 10.2. The number of benzene rings is 1. The second-order valence-corrected chi connectivity index (χ2v) is 8.23. The second-order valence-electron chi connectivity index (χ2n) is 8.23. The van der Waals surface area contributed by atoms with E-state index >= 15 is 0 Å². The number of aromatic amines is 1. The van der Waals surface area contributed by atoms with Crippen LogP contribution in [0.1, 0.15) is 49.2 Å². The van der Waals surface area contributed by atoms with Crippen LogP contribution in [0.25, 0.3) is 11.2 Å². The normalized spacial score (nSPS) is 15.1.